The summed E-state index contributed by atoms with van der Waals surface area (Å²) < 4.78 is 0.715. The molecule has 1 rings (SSSR count). The van der Waals surface area contributed by atoms with Crippen molar-refractivity contribution in [3.8, 4) is 0 Å². The van der Waals surface area contributed by atoms with E-state index in [0.717, 1.165) is 0 Å². The lowest BCUT2D eigenvalue weighted by atomic mass is 10.6. The van der Waals surface area contributed by atoms with Gasteiger partial charge in [-0.15, -0.1) is 11.3 Å². The van der Waals surface area contributed by atoms with Gasteiger partial charge in [-0.25, -0.2) is 4.98 Å². The van der Waals surface area contributed by atoms with Crippen LogP contribution in [0.1, 0.15) is 9.80 Å². The van der Waals surface area contributed by atoms with Gasteiger partial charge in [0.2, 0.25) is 0 Å². The average Bonchev–Trinajstić information content (AvgIpc) is 2.34. The van der Waals surface area contributed by atoms with Crippen molar-refractivity contribution >= 4 is 33.2 Å². The lowest BCUT2D eigenvalue weighted by Gasteiger charge is -2.05. The molecule has 0 aliphatic rings. The molecule has 0 unspecified atom stereocenters. The Morgan fingerprint density at radius 1 is 1.73 bits per heavy atom. The normalized spacial score (nSPS) is 9.73. The molecule has 0 aromatic carbocycles. The van der Waals surface area contributed by atoms with Crippen molar-refractivity contribution in [3.05, 3.63) is 15.0 Å². The van der Waals surface area contributed by atoms with Crippen LogP contribution in [0.25, 0.3) is 0 Å². The number of hydrogen-bond donors (Lipinski definition) is 0. The number of thiazole rings is 1. The highest BCUT2D eigenvalue weighted by Gasteiger charge is 2.11. The lowest BCUT2D eigenvalue weighted by Crippen LogP contribution is -2.21. The molecular weight excluding hydrogens is 228 g/mol. The second-order valence-electron chi connectivity index (χ2n) is 2.17. The van der Waals surface area contributed by atoms with Gasteiger partial charge in [0.1, 0.15) is 4.60 Å². The summed E-state index contributed by atoms with van der Waals surface area (Å²) in [5.41, 5.74) is 0. The maximum Gasteiger partial charge on any atom is 0.282 e. The van der Waals surface area contributed by atoms with Crippen LogP contribution in [-0.2, 0) is 0 Å². The summed E-state index contributed by atoms with van der Waals surface area (Å²) in [5, 5.41) is 2.30. The van der Waals surface area contributed by atoms with Crippen molar-refractivity contribution in [1.82, 2.24) is 9.88 Å². The smallest absolute Gasteiger partial charge is 0.282 e. The Morgan fingerprint density at radius 3 is 2.73 bits per heavy atom. The highest BCUT2D eigenvalue weighted by Crippen LogP contribution is 2.15. The van der Waals surface area contributed by atoms with Gasteiger partial charge in [0.15, 0.2) is 5.01 Å². The molecule has 0 aliphatic carbocycles. The SMILES string of the molecule is CN(C)C(=O)c1nc(Br)cs1. The highest BCUT2D eigenvalue weighted by molar-refractivity contribution is 9.10. The van der Waals surface area contributed by atoms with Crippen LogP contribution in [0.4, 0.5) is 0 Å². The van der Waals surface area contributed by atoms with E-state index in [2.05, 4.69) is 20.9 Å². The number of carbonyl (C=O) groups is 1. The van der Waals surface area contributed by atoms with Crippen LogP contribution in [0.2, 0.25) is 0 Å². The Balaban J connectivity index is 2.85. The molecule has 1 aromatic heterocycles. The van der Waals surface area contributed by atoms with Crippen LogP contribution in [0.3, 0.4) is 0 Å². The van der Waals surface area contributed by atoms with Gasteiger partial charge in [0, 0.05) is 19.5 Å². The van der Waals surface area contributed by atoms with Crippen molar-refractivity contribution in [2.24, 2.45) is 0 Å². The minimum absolute atomic E-state index is 0.0549. The van der Waals surface area contributed by atoms with Crippen LogP contribution in [-0.4, -0.2) is 29.9 Å². The fourth-order valence-electron chi connectivity index (χ4n) is 0.544. The van der Waals surface area contributed by atoms with Gasteiger partial charge in [-0.3, -0.25) is 4.79 Å². The van der Waals surface area contributed by atoms with Crippen LogP contribution in [0.5, 0.6) is 0 Å². The van der Waals surface area contributed by atoms with E-state index in [9.17, 15) is 4.79 Å². The van der Waals surface area contributed by atoms with Crippen molar-refractivity contribution in [3.63, 3.8) is 0 Å². The molecule has 1 heterocycles. The first kappa shape index (κ1) is 8.67. The van der Waals surface area contributed by atoms with Crippen molar-refractivity contribution in [2.45, 2.75) is 0 Å². The molecule has 0 fully saturated rings. The maximum absolute atomic E-state index is 11.2. The minimum Gasteiger partial charge on any atom is -0.343 e. The van der Waals surface area contributed by atoms with E-state index in [4.69, 9.17) is 0 Å². The zero-order valence-electron chi connectivity index (χ0n) is 6.17. The van der Waals surface area contributed by atoms with E-state index in [-0.39, 0.29) is 5.91 Å². The third-order valence-corrected chi connectivity index (χ3v) is 2.60. The number of halogens is 1. The number of amides is 1. The molecule has 0 atom stereocenters. The molecule has 0 N–H and O–H groups in total. The first-order valence-corrected chi connectivity index (χ1v) is 4.61. The fourth-order valence-corrected chi connectivity index (χ4v) is 1.81. The summed E-state index contributed by atoms with van der Waals surface area (Å²) in [6.45, 7) is 0. The molecule has 0 radical (unpaired) electrons. The van der Waals surface area contributed by atoms with E-state index in [1.165, 1.54) is 16.2 Å². The molecular formula is C6H7BrN2OS. The van der Waals surface area contributed by atoms with Crippen LogP contribution >= 0.6 is 27.3 Å². The summed E-state index contributed by atoms with van der Waals surface area (Å²) in [4.78, 5) is 16.7. The molecule has 11 heavy (non-hydrogen) atoms. The Labute approximate surface area is 77.2 Å². The molecule has 5 heteroatoms. The Bertz CT molecular complexity index is 271. The van der Waals surface area contributed by atoms with Crippen molar-refractivity contribution in [2.75, 3.05) is 14.1 Å². The number of hydrogen-bond acceptors (Lipinski definition) is 3. The predicted molar refractivity (Wildman–Crippen MR) is 47.8 cm³/mol. The van der Waals surface area contributed by atoms with Crippen molar-refractivity contribution in [1.29, 1.82) is 0 Å². The second kappa shape index (κ2) is 3.32. The Hall–Kier alpha value is -0.420. The quantitative estimate of drug-likeness (QED) is 0.740. The molecule has 1 aromatic rings. The van der Waals surface area contributed by atoms with E-state index in [0.29, 0.717) is 9.61 Å². The van der Waals surface area contributed by atoms with Gasteiger partial charge in [0.25, 0.3) is 5.91 Å². The summed E-state index contributed by atoms with van der Waals surface area (Å²) in [6, 6.07) is 0. The summed E-state index contributed by atoms with van der Waals surface area (Å²) in [5.74, 6) is -0.0549. The second-order valence-corrected chi connectivity index (χ2v) is 3.85. The minimum atomic E-state index is -0.0549. The number of aromatic nitrogens is 1. The van der Waals surface area contributed by atoms with Gasteiger partial charge in [-0.05, 0) is 15.9 Å². The third kappa shape index (κ3) is 2.00. The lowest BCUT2D eigenvalue weighted by molar-refractivity contribution is 0.0827. The summed E-state index contributed by atoms with van der Waals surface area (Å²) in [7, 11) is 3.41. The largest absolute Gasteiger partial charge is 0.343 e. The van der Waals surface area contributed by atoms with E-state index in [1.807, 2.05) is 0 Å². The standard InChI is InChI=1S/C6H7BrN2OS/c1-9(2)6(10)5-8-4(7)3-11-5/h3H,1-2H3. The van der Waals surface area contributed by atoms with E-state index >= 15 is 0 Å². The van der Waals surface area contributed by atoms with Crippen molar-refractivity contribution < 1.29 is 4.79 Å². The zero-order chi connectivity index (χ0) is 8.43. The van der Waals surface area contributed by atoms with Gasteiger partial charge >= 0.3 is 0 Å². The van der Waals surface area contributed by atoms with Gasteiger partial charge in [-0.2, -0.15) is 0 Å². The van der Waals surface area contributed by atoms with Crippen LogP contribution in [0.15, 0.2) is 9.98 Å². The topological polar surface area (TPSA) is 33.2 Å². The predicted octanol–water partition coefficient (Wildman–Crippen LogP) is 1.61. The number of nitrogens with zero attached hydrogens (tertiary/aromatic N) is 2. The Kier molecular flexibility index (Phi) is 2.62. The molecule has 0 bridgehead atoms. The molecule has 0 spiro atoms. The van der Waals surface area contributed by atoms with E-state index in [1.54, 1.807) is 19.5 Å². The third-order valence-electron chi connectivity index (χ3n) is 1.07. The fraction of sp³-hybridized carbons (Fsp3) is 0.333. The molecule has 0 saturated heterocycles. The molecule has 0 saturated carbocycles. The summed E-state index contributed by atoms with van der Waals surface area (Å²) in [6.07, 6.45) is 0. The monoisotopic (exact) mass is 234 g/mol. The Morgan fingerprint density at radius 2 is 2.36 bits per heavy atom. The first-order valence-electron chi connectivity index (χ1n) is 2.94. The molecule has 1 amide bonds. The average molecular weight is 235 g/mol. The maximum atomic E-state index is 11.2. The van der Waals surface area contributed by atoms with Gasteiger partial charge in [0.05, 0.1) is 0 Å². The summed E-state index contributed by atoms with van der Waals surface area (Å²) >= 11 is 4.51. The molecule has 3 nitrogen and oxygen atoms in total. The van der Waals surface area contributed by atoms with Gasteiger partial charge in [-0.1, -0.05) is 0 Å². The van der Waals surface area contributed by atoms with Gasteiger partial charge < -0.3 is 4.90 Å². The van der Waals surface area contributed by atoms with Crippen LogP contribution < -0.4 is 0 Å². The first-order chi connectivity index (χ1) is 5.11. The van der Waals surface area contributed by atoms with Crippen LogP contribution in [0, 0.1) is 0 Å². The number of rotatable bonds is 1. The molecule has 0 aliphatic heterocycles. The van der Waals surface area contributed by atoms with E-state index < -0.39 is 0 Å². The molecule has 60 valence electrons. The highest BCUT2D eigenvalue weighted by atomic mass is 79.9. The zero-order valence-corrected chi connectivity index (χ0v) is 8.57. The number of carbonyl (C=O) groups excluding carboxylic acids is 1.